The zero-order chi connectivity index (χ0) is 12.3. The minimum Gasteiger partial charge on any atom is -0.314 e. The van der Waals surface area contributed by atoms with Crippen molar-refractivity contribution in [1.29, 1.82) is 0 Å². The van der Waals surface area contributed by atoms with Crippen molar-refractivity contribution in [3.63, 3.8) is 0 Å². The molecule has 1 N–H and O–H groups in total. The first-order valence-electron chi connectivity index (χ1n) is 6.64. The fourth-order valence-corrected chi connectivity index (χ4v) is 4.64. The van der Waals surface area contributed by atoms with Crippen molar-refractivity contribution >= 4 is 10.2 Å². The molecule has 0 radical (unpaired) electrons. The lowest BCUT2D eigenvalue weighted by molar-refractivity contribution is 0.221. The number of piperidine rings is 1. The molecule has 100 valence electrons. The molecule has 2 aliphatic heterocycles. The summed E-state index contributed by atoms with van der Waals surface area (Å²) in [6, 6.07) is 0.212. The number of piperazine rings is 1. The molecular formula is C11H23N3O2S. The van der Waals surface area contributed by atoms with E-state index in [-0.39, 0.29) is 6.04 Å². The van der Waals surface area contributed by atoms with E-state index in [0.29, 0.717) is 19.6 Å². The average molecular weight is 261 g/mol. The number of nitrogens with one attached hydrogen (secondary N) is 1. The topological polar surface area (TPSA) is 52.7 Å². The van der Waals surface area contributed by atoms with E-state index in [9.17, 15) is 8.42 Å². The zero-order valence-electron chi connectivity index (χ0n) is 10.6. The summed E-state index contributed by atoms with van der Waals surface area (Å²) in [5.41, 5.74) is 0. The van der Waals surface area contributed by atoms with Crippen molar-refractivity contribution in [3.05, 3.63) is 0 Å². The second kappa shape index (κ2) is 5.65. The minimum absolute atomic E-state index is 0.212. The minimum atomic E-state index is -3.22. The molecule has 2 rings (SSSR count). The van der Waals surface area contributed by atoms with Crippen molar-refractivity contribution in [3.8, 4) is 0 Å². The lowest BCUT2D eigenvalue weighted by Gasteiger charge is -2.38. The molecule has 2 saturated heterocycles. The molecule has 17 heavy (non-hydrogen) atoms. The van der Waals surface area contributed by atoms with Crippen LogP contribution in [0, 0.1) is 0 Å². The molecule has 1 unspecified atom stereocenters. The zero-order valence-corrected chi connectivity index (χ0v) is 11.4. The summed E-state index contributed by atoms with van der Waals surface area (Å²) in [7, 11) is -3.22. The van der Waals surface area contributed by atoms with Gasteiger partial charge in [-0.1, -0.05) is 13.3 Å². The summed E-state index contributed by atoms with van der Waals surface area (Å²) >= 11 is 0. The second-order valence-corrected chi connectivity index (χ2v) is 6.71. The van der Waals surface area contributed by atoms with Crippen molar-refractivity contribution < 1.29 is 8.42 Å². The molecule has 5 nitrogen and oxygen atoms in total. The molecular weight excluding hydrogens is 238 g/mol. The maximum absolute atomic E-state index is 12.5. The molecule has 2 fully saturated rings. The third kappa shape index (κ3) is 2.81. The standard InChI is InChI=1S/C11H23N3O2S/c1-2-11-5-3-4-8-14(11)17(15,16)13-9-6-12-7-10-13/h11-12H,2-10H2,1H3. The van der Waals surface area contributed by atoms with Crippen LogP contribution in [0.2, 0.25) is 0 Å². The average Bonchev–Trinajstić information content (AvgIpc) is 2.39. The first-order valence-corrected chi connectivity index (χ1v) is 8.03. The van der Waals surface area contributed by atoms with Gasteiger partial charge in [0, 0.05) is 38.8 Å². The Bertz CT molecular complexity index is 339. The van der Waals surface area contributed by atoms with E-state index >= 15 is 0 Å². The first-order chi connectivity index (χ1) is 8.16. The van der Waals surface area contributed by atoms with E-state index in [1.807, 2.05) is 0 Å². The predicted molar refractivity (Wildman–Crippen MR) is 68.0 cm³/mol. The second-order valence-electron chi connectivity index (χ2n) is 4.83. The highest BCUT2D eigenvalue weighted by molar-refractivity contribution is 7.86. The van der Waals surface area contributed by atoms with Gasteiger partial charge in [0.05, 0.1) is 0 Å². The first kappa shape index (κ1) is 13.3. The van der Waals surface area contributed by atoms with E-state index in [1.54, 1.807) is 8.61 Å². The quantitative estimate of drug-likeness (QED) is 0.800. The van der Waals surface area contributed by atoms with Gasteiger partial charge in [0.1, 0.15) is 0 Å². The van der Waals surface area contributed by atoms with E-state index in [4.69, 9.17) is 0 Å². The molecule has 0 spiro atoms. The van der Waals surface area contributed by atoms with Crippen LogP contribution in [0.3, 0.4) is 0 Å². The fraction of sp³-hybridized carbons (Fsp3) is 1.00. The molecule has 0 aromatic heterocycles. The van der Waals surface area contributed by atoms with Gasteiger partial charge >= 0.3 is 0 Å². The van der Waals surface area contributed by atoms with Gasteiger partial charge in [-0.3, -0.25) is 0 Å². The molecule has 0 saturated carbocycles. The van der Waals surface area contributed by atoms with Crippen molar-refractivity contribution in [2.75, 3.05) is 32.7 Å². The van der Waals surface area contributed by atoms with E-state index in [1.165, 1.54) is 0 Å². The molecule has 0 bridgehead atoms. The highest BCUT2D eigenvalue weighted by Gasteiger charge is 2.35. The van der Waals surface area contributed by atoms with Crippen LogP contribution >= 0.6 is 0 Å². The molecule has 0 aliphatic carbocycles. The highest BCUT2D eigenvalue weighted by atomic mass is 32.2. The number of rotatable bonds is 3. The van der Waals surface area contributed by atoms with E-state index in [2.05, 4.69) is 12.2 Å². The molecule has 0 aromatic carbocycles. The van der Waals surface area contributed by atoms with Crippen molar-refractivity contribution in [2.45, 2.75) is 38.6 Å². The van der Waals surface area contributed by atoms with Gasteiger partial charge in [-0.2, -0.15) is 17.0 Å². The van der Waals surface area contributed by atoms with Crippen LogP contribution in [0.4, 0.5) is 0 Å². The molecule has 6 heteroatoms. The van der Waals surface area contributed by atoms with Gasteiger partial charge in [-0.25, -0.2) is 0 Å². The third-order valence-electron chi connectivity index (χ3n) is 3.74. The van der Waals surface area contributed by atoms with E-state index in [0.717, 1.165) is 38.8 Å². The van der Waals surface area contributed by atoms with Crippen LogP contribution in [-0.4, -0.2) is 55.8 Å². The molecule has 2 aliphatic rings. The van der Waals surface area contributed by atoms with Gasteiger partial charge in [0.25, 0.3) is 10.2 Å². The fourth-order valence-electron chi connectivity index (χ4n) is 2.71. The van der Waals surface area contributed by atoms with Crippen LogP contribution in [0.5, 0.6) is 0 Å². The lowest BCUT2D eigenvalue weighted by Crippen LogP contribution is -2.55. The van der Waals surface area contributed by atoms with Crippen molar-refractivity contribution in [1.82, 2.24) is 13.9 Å². The maximum atomic E-state index is 12.5. The van der Waals surface area contributed by atoms with Gasteiger partial charge in [0.15, 0.2) is 0 Å². The van der Waals surface area contributed by atoms with Gasteiger partial charge < -0.3 is 5.32 Å². The highest BCUT2D eigenvalue weighted by Crippen LogP contribution is 2.24. The Kier molecular flexibility index (Phi) is 4.41. The monoisotopic (exact) mass is 261 g/mol. The van der Waals surface area contributed by atoms with Gasteiger partial charge in [-0.05, 0) is 19.3 Å². The van der Waals surface area contributed by atoms with Crippen LogP contribution in [0.25, 0.3) is 0 Å². The molecule has 0 aromatic rings. The van der Waals surface area contributed by atoms with Crippen molar-refractivity contribution in [2.24, 2.45) is 0 Å². The van der Waals surface area contributed by atoms with Crippen LogP contribution in [0.1, 0.15) is 32.6 Å². The van der Waals surface area contributed by atoms with Crippen LogP contribution in [0.15, 0.2) is 0 Å². The Hall–Kier alpha value is -0.170. The SMILES string of the molecule is CCC1CCCCN1S(=O)(=O)N1CCNCC1. The third-order valence-corrected chi connectivity index (χ3v) is 5.83. The summed E-state index contributed by atoms with van der Waals surface area (Å²) in [6.45, 7) is 5.53. The summed E-state index contributed by atoms with van der Waals surface area (Å²) < 4.78 is 28.4. The van der Waals surface area contributed by atoms with E-state index < -0.39 is 10.2 Å². The Morgan fingerprint density at radius 1 is 1.18 bits per heavy atom. The van der Waals surface area contributed by atoms with Crippen LogP contribution in [-0.2, 0) is 10.2 Å². The summed E-state index contributed by atoms with van der Waals surface area (Å²) in [5, 5.41) is 3.19. The van der Waals surface area contributed by atoms with Crippen LogP contribution < -0.4 is 5.32 Å². The Balaban J connectivity index is 2.11. The number of hydrogen-bond donors (Lipinski definition) is 1. The number of nitrogens with zero attached hydrogens (tertiary/aromatic N) is 2. The maximum Gasteiger partial charge on any atom is 0.282 e. The molecule has 2 heterocycles. The molecule has 1 atom stereocenters. The summed E-state index contributed by atoms with van der Waals surface area (Å²) in [5.74, 6) is 0. The summed E-state index contributed by atoms with van der Waals surface area (Å²) in [4.78, 5) is 0. The number of hydrogen-bond acceptors (Lipinski definition) is 3. The van der Waals surface area contributed by atoms with Gasteiger partial charge in [0.2, 0.25) is 0 Å². The lowest BCUT2D eigenvalue weighted by atomic mass is 10.0. The normalized spacial score (nSPS) is 29.4. The Morgan fingerprint density at radius 2 is 1.88 bits per heavy atom. The smallest absolute Gasteiger partial charge is 0.282 e. The largest absolute Gasteiger partial charge is 0.314 e. The molecule has 0 amide bonds. The Labute approximate surface area is 104 Å². The predicted octanol–water partition coefficient (Wildman–Crippen LogP) is 0.401. The Morgan fingerprint density at radius 3 is 2.53 bits per heavy atom. The van der Waals surface area contributed by atoms with Gasteiger partial charge in [-0.15, -0.1) is 0 Å². The summed E-state index contributed by atoms with van der Waals surface area (Å²) in [6.07, 6.45) is 4.10.